The maximum atomic E-state index is 5.67. The molecule has 0 radical (unpaired) electrons. The molecule has 0 aromatic carbocycles. The fourth-order valence-electron chi connectivity index (χ4n) is 2.08. The van der Waals surface area contributed by atoms with E-state index in [9.17, 15) is 0 Å². The smallest absolute Gasteiger partial charge is 0.0794 e. The number of nitrogens with one attached hydrogen (secondary N) is 1. The van der Waals surface area contributed by atoms with Crippen molar-refractivity contribution in [3.8, 4) is 0 Å². The van der Waals surface area contributed by atoms with Crippen LogP contribution in [0.4, 0.5) is 0 Å². The van der Waals surface area contributed by atoms with E-state index >= 15 is 0 Å². The first-order chi connectivity index (χ1) is 7.81. The number of hydrogen-bond donors (Lipinski definition) is 2. The van der Waals surface area contributed by atoms with Gasteiger partial charge < -0.3 is 0 Å². The molecule has 2 atom stereocenters. The first kappa shape index (κ1) is 13.6. The molecule has 1 aromatic heterocycles. The second kappa shape index (κ2) is 7.76. The highest BCUT2D eigenvalue weighted by Crippen LogP contribution is 2.20. The van der Waals surface area contributed by atoms with E-state index in [1.807, 2.05) is 11.7 Å². The molecular formula is C12H23N3S. The summed E-state index contributed by atoms with van der Waals surface area (Å²) in [6.07, 6.45) is 7.95. The van der Waals surface area contributed by atoms with E-state index in [4.69, 9.17) is 5.84 Å². The zero-order valence-corrected chi connectivity index (χ0v) is 11.1. The van der Waals surface area contributed by atoms with Gasteiger partial charge in [0.15, 0.2) is 0 Å². The van der Waals surface area contributed by atoms with Crippen LogP contribution in [0.2, 0.25) is 0 Å². The van der Waals surface area contributed by atoms with Crippen molar-refractivity contribution >= 4 is 11.3 Å². The Morgan fingerprint density at radius 3 is 2.81 bits per heavy atom. The van der Waals surface area contributed by atoms with Crippen LogP contribution in [0.25, 0.3) is 0 Å². The molecular weight excluding hydrogens is 218 g/mol. The maximum absolute atomic E-state index is 5.67. The summed E-state index contributed by atoms with van der Waals surface area (Å²) in [6, 6.07) is 0.386. The van der Waals surface area contributed by atoms with Gasteiger partial charge in [0.1, 0.15) is 0 Å². The minimum absolute atomic E-state index is 0.386. The Morgan fingerprint density at radius 1 is 1.50 bits per heavy atom. The number of hydrogen-bond acceptors (Lipinski definition) is 4. The van der Waals surface area contributed by atoms with E-state index in [2.05, 4.69) is 24.3 Å². The van der Waals surface area contributed by atoms with Crippen LogP contribution in [-0.2, 0) is 6.42 Å². The fourth-order valence-corrected chi connectivity index (χ4v) is 2.73. The second-order valence-electron chi connectivity index (χ2n) is 4.26. The third kappa shape index (κ3) is 4.20. The van der Waals surface area contributed by atoms with Crippen LogP contribution in [0.1, 0.15) is 44.4 Å². The molecule has 0 saturated carbocycles. The van der Waals surface area contributed by atoms with Gasteiger partial charge >= 0.3 is 0 Å². The Labute approximate surface area is 102 Å². The standard InChI is InChI=1S/C12H23N3S/c1-3-5-6-10(4-2)12(15-13)7-11-8-14-9-16-11/h8-10,12,15H,3-7,13H2,1-2H3. The van der Waals surface area contributed by atoms with E-state index in [-0.39, 0.29) is 0 Å². The Bertz CT molecular complexity index is 261. The Morgan fingerprint density at radius 2 is 2.31 bits per heavy atom. The first-order valence-electron chi connectivity index (χ1n) is 6.15. The normalized spacial score (nSPS) is 14.9. The van der Waals surface area contributed by atoms with Gasteiger partial charge in [0, 0.05) is 23.5 Å². The molecule has 2 unspecified atom stereocenters. The molecule has 0 aliphatic heterocycles. The number of nitrogens with zero attached hydrogens (tertiary/aromatic N) is 1. The quantitative estimate of drug-likeness (QED) is 0.543. The van der Waals surface area contributed by atoms with Gasteiger partial charge in [0.2, 0.25) is 0 Å². The number of unbranched alkanes of at least 4 members (excludes halogenated alkanes) is 1. The summed E-state index contributed by atoms with van der Waals surface area (Å²) >= 11 is 1.71. The molecule has 16 heavy (non-hydrogen) atoms. The average Bonchev–Trinajstić information content (AvgIpc) is 2.81. The molecule has 0 saturated heterocycles. The van der Waals surface area contributed by atoms with Gasteiger partial charge in [0.25, 0.3) is 0 Å². The minimum atomic E-state index is 0.386. The van der Waals surface area contributed by atoms with Crippen molar-refractivity contribution in [1.82, 2.24) is 10.4 Å². The topological polar surface area (TPSA) is 50.9 Å². The van der Waals surface area contributed by atoms with Gasteiger partial charge in [-0.1, -0.05) is 33.1 Å². The molecule has 1 heterocycles. The summed E-state index contributed by atoms with van der Waals surface area (Å²) < 4.78 is 0. The lowest BCUT2D eigenvalue weighted by Crippen LogP contribution is -2.42. The summed E-state index contributed by atoms with van der Waals surface area (Å²) in [4.78, 5) is 5.42. The van der Waals surface area contributed by atoms with E-state index < -0.39 is 0 Å². The van der Waals surface area contributed by atoms with E-state index in [1.54, 1.807) is 11.3 Å². The molecule has 1 rings (SSSR count). The molecule has 92 valence electrons. The third-order valence-corrected chi connectivity index (χ3v) is 3.94. The highest BCUT2D eigenvalue weighted by molar-refractivity contribution is 7.09. The number of nitrogens with two attached hydrogens (primary N) is 1. The number of aromatic nitrogens is 1. The van der Waals surface area contributed by atoms with Gasteiger partial charge in [-0.3, -0.25) is 16.3 Å². The van der Waals surface area contributed by atoms with Crippen LogP contribution in [0.15, 0.2) is 11.7 Å². The zero-order chi connectivity index (χ0) is 11.8. The maximum Gasteiger partial charge on any atom is 0.0794 e. The highest BCUT2D eigenvalue weighted by atomic mass is 32.1. The lowest BCUT2D eigenvalue weighted by Gasteiger charge is -2.25. The van der Waals surface area contributed by atoms with E-state index in [1.165, 1.54) is 30.6 Å². The number of thiazole rings is 1. The fraction of sp³-hybridized carbons (Fsp3) is 0.750. The molecule has 0 spiro atoms. The predicted octanol–water partition coefficient (Wildman–Crippen LogP) is 2.73. The Hall–Kier alpha value is -0.450. The lowest BCUT2D eigenvalue weighted by atomic mass is 9.89. The van der Waals surface area contributed by atoms with Gasteiger partial charge in [-0.05, 0) is 12.3 Å². The summed E-state index contributed by atoms with van der Waals surface area (Å²) in [6.45, 7) is 4.48. The van der Waals surface area contributed by atoms with Gasteiger partial charge in [-0.2, -0.15) is 0 Å². The monoisotopic (exact) mass is 241 g/mol. The minimum Gasteiger partial charge on any atom is -0.271 e. The summed E-state index contributed by atoms with van der Waals surface area (Å²) in [5, 5.41) is 0. The van der Waals surface area contributed by atoms with E-state index in [0.29, 0.717) is 12.0 Å². The summed E-state index contributed by atoms with van der Waals surface area (Å²) in [5.74, 6) is 6.34. The second-order valence-corrected chi connectivity index (χ2v) is 5.23. The predicted molar refractivity (Wildman–Crippen MR) is 70.2 cm³/mol. The largest absolute Gasteiger partial charge is 0.271 e. The summed E-state index contributed by atoms with van der Waals surface area (Å²) in [7, 11) is 0. The van der Waals surface area contributed by atoms with E-state index in [0.717, 1.165) is 6.42 Å². The molecule has 0 fully saturated rings. The molecule has 0 aliphatic rings. The van der Waals surface area contributed by atoms with Gasteiger partial charge in [-0.15, -0.1) is 11.3 Å². The lowest BCUT2D eigenvalue weighted by molar-refractivity contribution is 0.319. The Kier molecular flexibility index (Phi) is 6.61. The molecule has 3 N–H and O–H groups in total. The molecule has 0 bridgehead atoms. The van der Waals surface area contributed by atoms with Crippen molar-refractivity contribution < 1.29 is 0 Å². The molecule has 4 heteroatoms. The van der Waals surface area contributed by atoms with Gasteiger partial charge in [0.05, 0.1) is 5.51 Å². The van der Waals surface area contributed by atoms with Crippen LogP contribution in [0, 0.1) is 5.92 Å². The van der Waals surface area contributed by atoms with Crippen molar-refractivity contribution in [2.24, 2.45) is 11.8 Å². The van der Waals surface area contributed by atoms with Crippen LogP contribution >= 0.6 is 11.3 Å². The van der Waals surface area contributed by atoms with Crippen molar-refractivity contribution in [3.05, 3.63) is 16.6 Å². The highest BCUT2D eigenvalue weighted by Gasteiger charge is 2.19. The first-order valence-corrected chi connectivity index (χ1v) is 7.03. The molecule has 3 nitrogen and oxygen atoms in total. The van der Waals surface area contributed by atoms with Crippen LogP contribution in [-0.4, -0.2) is 11.0 Å². The summed E-state index contributed by atoms with van der Waals surface area (Å²) in [5.41, 5.74) is 4.86. The zero-order valence-electron chi connectivity index (χ0n) is 10.3. The van der Waals surface area contributed by atoms with Crippen LogP contribution in [0.3, 0.4) is 0 Å². The third-order valence-electron chi connectivity index (χ3n) is 3.14. The number of rotatable bonds is 8. The van der Waals surface area contributed by atoms with Crippen molar-refractivity contribution in [2.45, 2.75) is 52.0 Å². The van der Waals surface area contributed by atoms with Gasteiger partial charge in [-0.25, -0.2) is 0 Å². The molecule has 0 aliphatic carbocycles. The average molecular weight is 241 g/mol. The van der Waals surface area contributed by atoms with Crippen LogP contribution in [0.5, 0.6) is 0 Å². The molecule has 0 amide bonds. The van der Waals surface area contributed by atoms with Crippen molar-refractivity contribution in [2.75, 3.05) is 0 Å². The Balaban J connectivity index is 2.49. The SMILES string of the molecule is CCCCC(CC)C(Cc1cncs1)NN. The van der Waals surface area contributed by atoms with Crippen LogP contribution < -0.4 is 11.3 Å². The van der Waals surface area contributed by atoms with Crippen molar-refractivity contribution in [3.63, 3.8) is 0 Å². The molecule has 1 aromatic rings. The number of hydrazine groups is 1. The van der Waals surface area contributed by atoms with Crippen molar-refractivity contribution in [1.29, 1.82) is 0 Å².